The number of fused-ring (bicyclic) bond motifs is 3. The molecule has 316 valence electrons. The average Bonchev–Trinajstić information content (AvgIpc) is 4.09. The number of aliphatic imine (C=N–C) groups is 1. The van der Waals surface area contributed by atoms with Crippen LogP contribution < -0.4 is 5.32 Å². The number of benzene rings is 4. The van der Waals surface area contributed by atoms with Gasteiger partial charge in [-0.25, -0.2) is 19.6 Å². The number of imidazole rings is 2. The highest BCUT2D eigenvalue weighted by atomic mass is 16.5. The molecule has 61 heavy (non-hydrogen) atoms. The molecule has 3 N–H and O–H groups in total. The quantitative estimate of drug-likeness (QED) is 0.115. The molecule has 8 rings (SSSR count). The van der Waals surface area contributed by atoms with Crippen molar-refractivity contribution in [3.63, 3.8) is 0 Å². The molecule has 14 heteroatoms. The third kappa shape index (κ3) is 8.31. The van der Waals surface area contributed by atoms with Gasteiger partial charge in [0.05, 0.1) is 54.3 Å². The van der Waals surface area contributed by atoms with Crippen molar-refractivity contribution in [1.29, 1.82) is 0 Å². The van der Waals surface area contributed by atoms with Gasteiger partial charge in [0, 0.05) is 19.3 Å². The zero-order chi connectivity index (χ0) is 42.9. The summed E-state index contributed by atoms with van der Waals surface area (Å²) in [7, 11) is 2.56. The predicted molar refractivity (Wildman–Crippen MR) is 235 cm³/mol. The van der Waals surface area contributed by atoms with Crippen LogP contribution >= 0.6 is 0 Å². The zero-order valence-corrected chi connectivity index (χ0v) is 35.4. The van der Waals surface area contributed by atoms with Crippen LogP contribution in [0.4, 0.5) is 9.59 Å². The van der Waals surface area contributed by atoms with E-state index in [1.807, 2.05) is 49.6 Å². The van der Waals surface area contributed by atoms with E-state index in [-0.39, 0.29) is 35.7 Å². The second-order valence-electron chi connectivity index (χ2n) is 16.7. The van der Waals surface area contributed by atoms with E-state index < -0.39 is 24.1 Å². The number of ether oxygens (including phenoxy) is 2. The van der Waals surface area contributed by atoms with Crippen molar-refractivity contribution in [2.45, 2.75) is 71.5 Å². The van der Waals surface area contributed by atoms with Crippen molar-refractivity contribution in [2.24, 2.45) is 22.7 Å². The average molecular weight is 825 g/mol. The second-order valence-corrected chi connectivity index (χ2v) is 16.7. The summed E-state index contributed by atoms with van der Waals surface area (Å²) in [6, 6.07) is 24.2. The Morgan fingerprint density at radius 3 is 1.69 bits per heavy atom. The van der Waals surface area contributed by atoms with E-state index in [1.54, 1.807) is 0 Å². The summed E-state index contributed by atoms with van der Waals surface area (Å²) in [4.78, 5) is 75.6. The number of alkyl carbamates (subject to hydrolysis) is 1. The summed E-state index contributed by atoms with van der Waals surface area (Å²) in [6.07, 6.45) is 3.32. The number of aromatic amines is 2. The van der Waals surface area contributed by atoms with Crippen LogP contribution in [0.2, 0.25) is 0 Å². The van der Waals surface area contributed by atoms with E-state index in [1.165, 1.54) is 20.4 Å². The Hall–Kier alpha value is -6.57. The van der Waals surface area contributed by atoms with E-state index in [0.717, 1.165) is 92.4 Å². The molecule has 4 aromatic carbocycles. The van der Waals surface area contributed by atoms with Gasteiger partial charge in [0.1, 0.15) is 17.7 Å². The first-order valence-corrected chi connectivity index (χ1v) is 21.0. The van der Waals surface area contributed by atoms with Crippen molar-refractivity contribution in [3.8, 4) is 22.3 Å². The number of rotatable bonds is 10. The van der Waals surface area contributed by atoms with Crippen LogP contribution in [0.5, 0.6) is 0 Å². The first-order chi connectivity index (χ1) is 29.4. The molecular formula is C47H52N8O6. The summed E-state index contributed by atoms with van der Waals surface area (Å²) in [5.41, 5.74) is 7.64. The Labute approximate surface area is 354 Å². The fourth-order valence-electron chi connectivity index (χ4n) is 8.75. The first-order valence-electron chi connectivity index (χ1n) is 21.0. The SMILES string of the molecule is COC(=O)N=CC(C(=O)N1CCC[C@H]1c1nc2ccc(-c3ccc4ccc(-c5ccc6nc([C@@H]7CCCN7C(=O)[C@@H](NC(=O)OC)C(C)C)[nH]c6c5)cc4c3)cc2[nH]1)C(C)C. The fourth-order valence-corrected chi connectivity index (χ4v) is 8.75. The predicted octanol–water partition coefficient (Wildman–Crippen LogP) is 8.74. The van der Waals surface area contributed by atoms with E-state index in [9.17, 15) is 19.2 Å². The molecule has 0 radical (unpaired) electrons. The third-order valence-corrected chi connectivity index (χ3v) is 12.1. The number of carbonyl (C=O) groups excluding carboxylic acids is 4. The van der Waals surface area contributed by atoms with Gasteiger partial charge in [-0.3, -0.25) is 9.59 Å². The standard InChI is InChI=1S/C47H52N8O6/c1-26(2)34(25-48-46(58)60-5)44(56)54-19-7-9-39(54)42-49-35-17-15-31(23-37(35)51-42)29-13-11-28-12-14-30(22-33(28)21-29)32-16-18-36-38(24-32)52-43(50-36)40-10-8-20-55(40)45(57)41(27(3)4)53-47(59)61-6/h11-18,21-27,34,39-41H,7-10,19-20H2,1-6H3,(H,49,51)(H,50,52)(H,53,59)/t34?,39-,40-,41-/m0/s1. The maximum atomic E-state index is 13.8. The van der Waals surface area contributed by atoms with Gasteiger partial charge < -0.3 is 34.6 Å². The molecule has 2 fully saturated rings. The number of nitrogens with zero attached hydrogens (tertiary/aromatic N) is 5. The molecule has 4 atom stereocenters. The Bertz CT molecular complexity index is 2660. The molecule has 4 heterocycles. The van der Waals surface area contributed by atoms with E-state index in [0.29, 0.717) is 13.1 Å². The number of methoxy groups -OCH3 is 2. The Kier molecular flexibility index (Phi) is 11.6. The lowest BCUT2D eigenvalue weighted by Crippen LogP contribution is -2.51. The highest BCUT2D eigenvalue weighted by Gasteiger charge is 2.38. The van der Waals surface area contributed by atoms with Crippen LogP contribution in [-0.4, -0.2) is 93.3 Å². The van der Waals surface area contributed by atoms with Crippen molar-refractivity contribution >= 4 is 63.1 Å². The van der Waals surface area contributed by atoms with Gasteiger partial charge in [-0.15, -0.1) is 0 Å². The summed E-state index contributed by atoms with van der Waals surface area (Å²) >= 11 is 0. The van der Waals surface area contributed by atoms with Gasteiger partial charge in [-0.05, 0) is 107 Å². The van der Waals surface area contributed by atoms with Gasteiger partial charge in [-0.1, -0.05) is 64.1 Å². The van der Waals surface area contributed by atoms with Crippen LogP contribution in [0, 0.1) is 17.8 Å². The molecule has 2 aliphatic rings. The fraction of sp³-hybridized carbons (Fsp3) is 0.383. The molecule has 0 bridgehead atoms. The molecular weight excluding hydrogens is 773 g/mol. The summed E-state index contributed by atoms with van der Waals surface area (Å²) in [5.74, 6) is 0.546. The number of amides is 4. The first kappa shape index (κ1) is 41.2. The van der Waals surface area contributed by atoms with E-state index in [2.05, 4.69) is 85.7 Å². The minimum atomic E-state index is -0.726. The molecule has 0 aliphatic carbocycles. The molecule has 0 saturated carbocycles. The number of carbonyl (C=O) groups is 4. The van der Waals surface area contributed by atoms with Crippen LogP contribution in [-0.2, 0) is 19.1 Å². The minimum Gasteiger partial charge on any atom is -0.453 e. The summed E-state index contributed by atoms with van der Waals surface area (Å²) in [6.45, 7) is 8.90. The summed E-state index contributed by atoms with van der Waals surface area (Å²) < 4.78 is 9.44. The van der Waals surface area contributed by atoms with Gasteiger partial charge in [0.15, 0.2) is 0 Å². The maximum absolute atomic E-state index is 13.8. The largest absolute Gasteiger partial charge is 0.453 e. The number of hydrogen-bond acceptors (Lipinski definition) is 8. The highest BCUT2D eigenvalue weighted by Crippen LogP contribution is 2.37. The Morgan fingerprint density at radius 1 is 0.689 bits per heavy atom. The van der Waals surface area contributed by atoms with Crippen LogP contribution in [0.3, 0.4) is 0 Å². The molecule has 1 unspecified atom stereocenters. The minimum absolute atomic E-state index is 0.0525. The molecule has 6 aromatic rings. The second kappa shape index (κ2) is 17.2. The van der Waals surface area contributed by atoms with E-state index >= 15 is 0 Å². The highest BCUT2D eigenvalue weighted by molar-refractivity contribution is 5.97. The maximum Gasteiger partial charge on any atom is 0.432 e. The molecule has 2 aliphatic heterocycles. The summed E-state index contributed by atoms with van der Waals surface area (Å²) in [5, 5.41) is 4.94. The third-order valence-electron chi connectivity index (χ3n) is 12.1. The lowest BCUT2D eigenvalue weighted by atomic mass is 9.95. The van der Waals surface area contributed by atoms with Crippen molar-refractivity contribution < 1.29 is 28.7 Å². The Balaban J connectivity index is 1.02. The molecule has 2 saturated heterocycles. The van der Waals surface area contributed by atoms with Crippen molar-refractivity contribution in [3.05, 3.63) is 84.4 Å². The van der Waals surface area contributed by atoms with Gasteiger partial charge in [0.2, 0.25) is 11.8 Å². The lowest BCUT2D eigenvalue weighted by molar-refractivity contribution is -0.136. The van der Waals surface area contributed by atoms with Gasteiger partial charge in [0.25, 0.3) is 0 Å². The van der Waals surface area contributed by atoms with Crippen LogP contribution in [0.1, 0.15) is 77.1 Å². The topological polar surface area (TPSA) is 175 Å². The lowest BCUT2D eigenvalue weighted by Gasteiger charge is -2.29. The smallest absolute Gasteiger partial charge is 0.432 e. The number of aromatic nitrogens is 4. The molecule has 14 nitrogen and oxygen atoms in total. The molecule has 0 spiro atoms. The van der Waals surface area contributed by atoms with Crippen LogP contribution in [0.15, 0.2) is 77.8 Å². The number of H-pyrrole nitrogens is 2. The van der Waals surface area contributed by atoms with E-state index in [4.69, 9.17) is 14.7 Å². The van der Waals surface area contributed by atoms with Gasteiger partial charge in [-0.2, -0.15) is 4.99 Å². The van der Waals surface area contributed by atoms with Crippen molar-refractivity contribution in [2.75, 3.05) is 27.3 Å². The number of hydrogen-bond donors (Lipinski definition) is 3. The number of nitrogens with one attached hydrogen (secondary N) is 3. The molecule has 4 amide bonds. The monoisotopic (exact) mass is 824 g/mol. The Morgan fingerprint density at radius 2 is 1.20 bits per heavy atom. The molecule has 2 aromatic heterocycles. The normalized spacial score (nSPS) is 17.9. The number of likely N-dealkylation sites (tertiary alicyclic amines) is 2. The zero-order valence-electron chi connectivity index (χ0n) is 35.4. The van der Waals surface area contributed by atoms with Crippen LogP contribution in [0.25, 0.3) is 55.1 Å². The van der Waals surface area contributed by atoms with Gasteiger partial charge >= 0.3 is 12.2 Å². The van der Waals surface area contributed by atoms with Crippen molar-refractivity contribution in [1.82, 2.24) is 35.1 Å².